The van der Waals surface area contributed by atoms with Crippen LogP contribution in [0.3, 0.4) is 0 Å². The van der Waals surface area contributed by atoms with Crippen LogP contribution in [0.2, 0.25) is 5.02 Å². The molecule has 0 unspecified atom stereocenters. The van der Waals surface area contributed by atoms with Gasteiger partial charge in [0, 0.05) is 46.7 Å². The molecule has 3 aromatic heterocycles. The van der Waals surface area contributed by atoms with Gasteiger partial charge < -0.3 is 24.9 Å². The summed E-state index contributed by atoms with van der Waals surface area (Å²) < 4.78 is 221. The summed E-state index contributed by atoms with van der Waals surface area (Å²) in [5.74, 6) is -12.7. The Kier molecular flexibility index (Phi) is 19.6. The summed E-state index contributed by atoms with van der Waals surface area (Å²) in [6, 6.07) is 4.54. The molecule has 0 saturated carbocycles. The van der Waals surface area contributed by atoms with Crippen LogP contribution in [0.1, 0.15) is 80.5 Å². The van der Waals surface area contributed by atoms with Gasteiger partial charge >= 0.3 is 38.2 Å². The molecule has 2 aromatic carbocycles. The van der Waals surface area contributed by atoms with Crippen LogP contribution < -0.4 is 9.62 Å². The molecule has 0 fully saturated rings. The second-order valence-corrected chi connectivity index (χ2v) is 27.2. The number of hydrogen-bond acceptors (Lipinski definition) is 14. The number of phosphoric ester groups is 1. The molecule has 36 heteroatoms. The van der Waals surface area contributed by atoms with Crippen LogP contribution in [-0.2, 0) is 92.5 Å². The number of carbonyl (C=O) groups is 4. The number of carboxylic acids is 1. The number of carboxylic acid groups (broad SMARTS) is 1. The molecule has 3 heterocycles. The van der Waals surface area contributed by atoms with Crippen LogP contribution in [0, 0.1) is 35.3 Å². The molecule has 1 aliphatic carbocycles. The summed E-state index contributed by atoms with van der Waals surface area (Å²) in [7, 11) is -14.1. The van der Waals surface area contributed by atoms with E-state index in [-0.39, 0.29) is 43.3 Å². The zero-order chi connectivity index (χ0) is 64.8. The number of rotatable bonds is 23. The van der Waals surface area contributed by atoms with E-state index in [4.69, 9.17) is 27.8 Å². The van der Waals surface area contributed by atoms with Gasteiger partial charge in [0.15, 0.2) is 21.3 Å². The molecular weight excluding hydrogens is 1260 g/mol. The molecule has 86 heavy (non-hydrogen) atoms. The van der Waals surface area contributed by atoms with E-state index in [2.05, 4.69) is 29.8 Å². The number of terminal acetylenes is 1. The number of sulfonamides is 1. The fraction of sp³-hybridized carbons (Fsp3) is 0.460. The normalized spacial score (nSPS) is 15.3. The van der Waals surface area contributed by atoms with E-state index >= 15 is 8.78 Å². The van der Waals surface area contributed by atoms with Gasteiger partial charge in [-0.1, -0.05) is 43.5 Å². The van der Waals surface area contributed by atoms with Gasteiger partial charge in [-0.05, 0) is 75.8 Å². The van der Waals surface area contributed by atoms with Gasteiger partial charge in [0.25, 0.3) is 0 Å². The molecule has 470 valence electrons. The molecule has 1 aliphatic rings. The summed E-state index contributed by atoms with van der Waals surface area (Å²) in [4.78, 5) is 76.6. The van der Waals surface area contributed by atoms with E-state index < -0.39 is 206 Å². The van der Waals surface area contributed by atoms with Crippen molar-refractivity contribution in [1.29, 1.82) is 0 Å². The van der Waals surface area contributed by atoms with Gasteiger partial charge in [-0.3, -0.25) is 33.6 Å². The number of fused-ring (bicyclic) bond motifs is 2. The van der Waals surface area contributed by atoms with Crippen LogP contribution >= 0.6 is 19.4 Å². The van der Waals surface area contributed by atoms with Crippen molar-refractivity contribution >= 4 is 79.9 Å². The number of carbonyl (C=O) groups excluding carboxylic acids is 3. The Balaban J connectivity index is 1.59. The van der Waals surface area contributed by atoms with Gasteiger partial charge in [0.05, 0.1) is 44.6 Å². The highest BCUT2D eigenvalue weighted by atomic mass is 35.5. The molecule has 6 rings (SSSR count). The van der Waals surface area contributed by atoms with Crippen LogP contribution in [0.5, 0.6) is 0 Å². The number of nitrogens with one attached hydrogen (secondary N) is 1. The number of ether oxygens (including phenoxy) is 1. The third-order valence-electron chi connectivity index (χ3n) is 13.7. The van der Waals surface area contributed by atoms with Gasteiger partial charge in [0.2, 0.25) is 28.6 Å². The SMILES string of the molecule is C#C[C@@H]1Cc2c(C(F)(F)F)nn(CC(=O)N[C@@H](Cc3cc(F)cc(F)c3)c3nc(CCC(C)(C)S(C)(=O)=O)ccc3-c3ccc(Cl)c4c(N(C(=O)C(C)(C)CCN(CC(=O)O)C(=O)OCOP(=O)(O)O)S(C)(=O)=O)nn(CC(F)(F)F)c34)c2C1(F)F. The Hall–Kier alpha value is -6.89. The quantitative estimate of drug-likeness (QED) is 0.0209. The molecule has 0 aliphatic heterocycles. The number of aryl methyl sites for hydroxylation is 1. The monoisotopic (exact) mass is 1310 g/mol. The average Bonchev–Trinajstić information content (AvgIpc) is 1.57. The Morgan fingerprint density at radius 2 is 1.56 bits per heavy atom. The Bertz CT molecular complexity index is 3810. The lowest BCUT2D eigenvalue weighted by molar-refractivity contribution is -0.143. The van der Waals surface area contributed by atoms with E-state index in [9.17, 15) is 80.8 Å². The topological polar surface area (TPSA) is 300 Å². The van der Waals surface area contributed by atoms with Crippen LogP contribution in [-0.4, -0.2) is 128 Å². The number of alkyl halides is 8. The Morgan fingerprint density at radius 3 is 2.10 bits per heavy atom. The molecule has 5 aromatic rings. The lowest BCUT2D eigenvalue weighted by atomic mass is 9.88. The fourth-order valence-corrected chi connectivity index (χ4v) is 11.0. The molecule has 2 atom stereocenters. The van der Waals surface area contributed by atoms with Crippen molar-refractivity contribution in [2.24, 2.45) is 11.3 Å². The molecule has 0 bridgehead atoms. The van der Waals surface area contributed by atoms with E-state index in [0.29, 0.717) is 17.2 Å². The minimum atomic E-state index is -5.36. The molecule has 0 spiro atoms. The minimum Gasteiger partial charge on any atom is -0.480 e. The molecule has 22 nitrogen and oxygen atoms in total. The van der Waals surface area contributed by atoms with E-state index in [0.717, 1.165) is 50.4 Å². The fourth-order valence-electron chi connectivity index (χ4n) is 9.13. The predicted molar refractivity (Wildman–Crippen MR) is 284 cm³/mol. The van der Waals surface area contributed by atoms with E-state index in [1.54, 1.807) is 5.92 Å². The highest BCUT2D eigenvalue weighted by molar-refractivity contribution is 7.93. The summed E-state index contributed by atoms with van der Waals surface area (Å²) >= 11 is 6.74. The lowest BCUT2D eigenvalue weighted by Gasteiger charge is -2.31. The number of pyridine rings is 1. The average molecular weight is 1310 g/mol. The van der Waals surface area contributed by atoms with Crippen molar-refractivity contribution in [3.63, 3.8) is 0 Å². The second kappa shape index (κ2) is 24.7. The maximum absolute atomic E-state index is 15.8. The van der Waals surface area contributed by atoms with Crippen molar-refractivity contribution in [3.8, 4) is 23.5 Å². The summed E-state index contributed by atoms with van der Waals surface area (Å²) in [6.45, 7) is -2.04. The molecule has 0 saturated heterocycles. The van der Waals surface area contributed by atoms with Gasteiger partial charge in [-0.25, -0.2) is 39.5 Å². The second-order valence-electron chi connectivity index (χ2n) is 21.1. The number of halogens is 11. The van der Waals surface area contributed by atoms with Crippen molar-refractivity contribution < 1.29 is 109 Å². The van der Waals surface area contributed by atoms with Gasteiger partial charge in [0.1, 0.15) is 37.0 Å². The van der Waals surface area contributed by atoms with Crippen molar-refractivity contribution in [2.45, 2.75) is 102 Å². The van der Waals surface area contributed by atoms with Crippen molar-refractivity contribution in [1.82, 2.24) is 34.8 Å². The van der Waals surface area contributed by atoms with Gasteiger partial charge in [-0.15, -0.1) is 6.42 Å². The molecule has 0 radical (unpaired) electrons. The number of sulfone groups is 1. The summed E-state index contributed by atoms with van der Waals surface area (Å²) in [5, 5.41) is 17.8. The first kappa shape index (κ1) is 68.2. The summed E-state index contributed by atoms with van der Waals surface area (Å²) in [6.07, 6.45) is -8.47. The maximum atomic E-state index is 15.8. The van der Waals surface area contributed by atoms with E-state index in [1.165, 1.54) is 19.9 Å². The van der Waals surface area contributed by atoms with Crippen molar-refractivity contribution in [3.05, 3.63) is 93.0 Å². The first-order chi connectivity index (χ1) is 39.3. The summed E-state index contributed by atoms with van der Waals surface area (Å²) in [5.41, 5.74) is -8.68. The number of anilines is 1. The number of aliphatic carboxylic acids is 1. The zero-order valence-electron chi connectivity index (χ0n) is 45.7. The van der Waals surface area contributed by atoms with E-state index in [1.807, 2.05) is 0 Å². The third-order valence-corrected chi connectivity index (χ3v) is 17.7. The van der Waals surface area contributed by atoms with Crippen molar-refractivity contribution in [2.75, 3.05) is 36.7 Å². The van der Waals surface area contributed by atoms with Crippen LogP contribution in [0.15, 0.2) is 42.5 Å². The van der Waals surface area contributed by atoms with Gasteiger partial charge in [-0.2, -0.15) is 49.6 Å². The van der Waals surface area contributed by atoms with Crippen LogP contribution in [0.4, 0.5) is 54.5 Å². The first-order valence-corrected chi connectivity index (χ1v) is 30.5. The molecular formula is C50H52ClF10N8O14PS2. The highest BCUT2D eigenvalue weighted by Crippen LogP contribution is 2.50. The highest BCUT2D eigenvalue weighted by Gasteiger charge is 2.56. The zero-order valence-corrected chi connectivity index (χ0v) is 49.0. The number of nitrogens with zero attached hydrogens (tertiary/aromatic N) is 7. The largest absolute Gasteiger partial charge is 0.480 e. The predicted octanol–water partition coefficient (Wildman–Crippen LogP) is 7.86. The number of amides is 3. The maximum Gasteiger partial charge on any atom is 0.472 e. The Labute approximate surface area is 488 Å². The van der Waals surface area contributed by atoms with Crippen LogP contribution in [0.25, 0.3) is 22.0 Å². The standard InChI is InChI=1S/C50H52ClF10N8O14PS2/c1-8-27-20-33-41(50(59,60)61)64-67(42(33)49(27,57)58)22-36(70)63-35(19-26-17-28(52)21-29(53)18-26)39-31(10-9-30(62-39)13-14-47(4,5)85(6,78)79)32-11-12-34(51)38-40(32)68(24-48(54,55)56)65-43(38)69(86(7,80)81)44(73)46(2,3)15-16-66(23-37(71)72)45(74)82-25-83-84(75,76)77/h1,9-12,17-18,21,27,35H,13-16,19-20,22-25H2,2-7H3,(H,63,70)(H,71,72)(H2,75,76,77)/t27-,35+/m1/s1. The first-order valence-electron chi connectivity index (χ1n) is 24.9. The number of phosphoric acid groups is 1. The Morgan fingerprint density at radius 1 is 0.942 bits per heavy atom. The smallest absolute Gasteiger partial charge is 0.472 e. The third kappa shape index (κ3) is 15.8. The molecule has 3 amide bonds. The lowest BCUT2D eigenvalue weighted by Crippen LogP contribution is -2.47. The molecule has 4 N–H and O–H groups in total. The number of benzene rings is 2. The minimum absolute atomic E-state index is 0.0372. The number of aromatic nitrogens is 5. The number of hydrogen-bond donors (Lipinski definition) is 4.